The molecule has 0 saturated carbocycles. The Morgan fingerprint density at radius 1 is 1.29 bits per heavy atom. The molecule has 128 valence electrons. The first-order valence-corrected chi connectivity index (χ1v) is 8.84. The van der Waals surface area contributed by atoms with Gasteiger partial charge in [-0.05, 0) is 31.3 Å². The zero-order chi connectivity index (χ0) is 16.5. The normalized spacial score (nSPS) is 29.8. The Kier molecular flexibility index (Phi) is 4.19. The van der Waals surface area contributed by atoms with Crippen LogP contribution in [0.1, 0.15) is 25.7 Å². The molecule has 2 atom stereocenters. The van der Waals surface area contributed by atoms with Crippen molar-refractivity contribution in [3.63, 3.8) is 0 Å². The average Bonchev–Trinajstić information content (AvgIpc) is 3.05. The van der Waals surface area contributed by atoms with Crippen LogP contribution in [0.3, 0.4) is 0 Å². The monoisotopic (exact) mass is 329 g/mol. The van der Waals surface area contributed by atoms with Crippen molar-refractivity contribution in [2.45, 2.75) is 37.8 Å². The summed E-state index contributed by atoms with van der Waals surface area (Å²) >= 11 is 0. The van der Waals surface area contributed by atoms with Crippen LogP contribution in [0.25, 0.3) is 0 Å². The molecule has 4 rings (SSSR count). The topological polar surface area (TPSA) is 61.9 Å². The van der Waals surface area contributed by atoms with Crippen LogP contribution in [0.2, 0.25) is 0 Å². The van der Waals surface area contributed by atoms with Gasteiger partial charge in [0.1, 0.15) is 6.61 Å². The maximum atomic E-state index is 12.6. The first kappa shape index (κ1) is 15.5. The predicted octanol–water partition coefficient (Wildman–Crippen LogP) is 0.741. The average molecular weight is 329 g/mol. The van der Waals surface area contributed by atoms with E-state index in [-0.39, 0.29) is 30.7 Å². The van der Waals surface area contributed by atoms with E-state index in [1.165, 1.54) is 12.0 Å². The minimum Gasteiger partial charge on any atom is -0.366 e. The second-order valence-corrected chi connectivity index (χ2v) is 7.03. The number of morpholine rings is 1. The molecule has 0 unspecified atom stereocenters. The molecule has 3 heterocycles. The molecule has 0 aromatic heterocycles. The Balaban J connectivity index is 1.27. The lowest BCUT2D eigenvalue weighted by Gasteiger charge is -2.45. The molecule has 3 aliphatic heterocycles. The fourth-order valence-corrected chi connectivity index (χ4v) is 3.78. The van der Waals surface area contributed by atoms with Gasteiger partial charge in [-0.2, -0.15) is 0 Å². The SMILES string of the molecule is O=C1CO[C@H]2CCN(C(=O)N3CC(C#CC4=CCCC4)C3)C[C@H]2N1. The van der Waals surface area contributed by atoms with Gasteiger partial charge in [0.25, 0.3) is 0 Å². The van der Waals surface area contributed by atoms with Crippen molar-refractivity contribution in [3.05, 3.63) is 11.6 Å². The van der Waals surface area contributed by atoms with Crippen LogP contribution >= 0.6 is 0 Å². The highest BCUT2D eigenvalue weighted by Gasteiger charge is 2.39. The van der Waals surface area contributed by atoms with Gasteiger partial charge in [-0.3, -0.25) is 4.79 Å². The van der Waals surface area contributed by atoms with E-state index < -0.39 is 0 Å². The Hall–Kier alpha value is -2.00. The van der Waals surface area contributed by atoms with Gasteiger partial charge in [-0.25, -0.2) is 4.79 Å². The number of carbonyl (C=O) groups excluding carboxylic acids is 2. The molecule has 1 aliphatic carbocycles. The van der Waals surface area contributed by atoms with Gasteiger partial charge in [0.2, 0.25) is 5.91 Å². The van der Waals surface area contributed by atoms with Crippen molar-refractivity contribution in [3.8, 4) is 11.8 Å². The fourth-order valence-electron chi connectivity index (χ4n) is 3.78. The zero-order valence-electron chi connectivity index (χ0n) is 13.8. The van der Waals surface area contributed by atoms with E-state index >= 15 is 0 Å². The molecule has 1 N–H and O–H groups in total. The number of nitrogens with one attached hydrogen (secondary N) is 1. The highest BCUT2D eigenvalue weighted by molar-refractivity contribution is 5.79. The lowest BCUT2D eigenvalue weighted by molar-refractivity contribution is -0.139. The smallest absolute Gasteiger partial charge is 0.320 e. The molecule has 0 bridgehead atoms. The van der Waals surface area contributed by atoms with Crippen molar-refractivity contribution in [1.82, 2.24) is 15.1 Å². The molecule has 0 spiro atoms. The minimum atomic E-state index is -0.0916. The largest absolute Gasteiger partial charge is 0.366 e. The van der Waals surface area contributed by atoms with Crippen molar-refractivity contribution < 1.29 is 14.3 Å². The van der Waals surface area contributed by atoms with Crippen LogP contribution in [-0.4, -0.2) is 66.7 Å². The second kappa shape index (κ2) is 6.48. The van der Waals surface area contributed by atoms with Crippen LogP contribution in [0.5, 0.6) is 0 Å². The number of hydrogen-bond donors (Lipinski definition) is 1. The van der Waals surface area contributed by atoms with Gasteiger partial charge in [0.15, 0.2) is 0 Å². The van der Waals surface area contributed by atoms with Gasteiger partial charge in [-0.1, -0.05) is 17.9 Å². The van der Waals surface area contributed by atoms with Crippen molar-refractivity contribution in [1.29, 1.82) is 0 Å². The molecule has 6 nitrogen and oxygen atoms in total. The molecule has 4 aliphatic rings. The second-order valence-electron chi connectivity index (χ2n) is 7.03. The Bertz CT molecular complexity index is 627. The standard InChI is InChI=1S/C18H23N3O3/c22-17-12-24-16-7-8-20(11-15(16)19-17)18(23)21-9-14(10-21)6-5-13-3-1-2-4-13/h3,14-16H,1-2,4,7-12H2,(H,19,22)/t15-,16+/m1/s1. The summed E-state index contributed by atoms with van der Waals surface area (Å²) in [6, 6.07) is -0.0125. The molecule has 0 radical (unpaired) electrons. The van der Waals surface area contributed by atoms with E-state index in [4.69, 9.17) is 4.74 Å². The number of allylic oxidation sites excluding steroid dienone is 2. The Labute approximate surface area is 142 Å². The molecular weight excluding hydrogens is 306 g/mol. The number of ether oxygens (including phenoxy) is 1. The van der Waals surface area contributed by atoms with Crippen molar-refractivity contribution >= 4 is 11.9 Å². The Morgan fingerprint density at radius 3 is 2.96 bits per heavy atom. The molecular formula is C18H23N3O3. The molecule has 6 heteroatoms. The summed E-state index contributed by atoms with van der Waals surface area (Å²) < 4.78 is 5.53. The zero-order valence-corrected chi connectivity index (χ0v) is 13.8. The summed E-state index contributed by atoms with van der Waals surface area (Å²) in [5, 5.41) is 2.93. The van der Waals surface area contributed by atoms with E-state index in [0.29, 0.717) is 32.1 Å². The lowest BCUT2D eigenvalue weighted by Crippen LogP contribution is -2.64. The molecule has 0 aromatic rings. The maximum Gasteiger partial charge on any atom is 0.320 e. The number of piperidine rings is 1. The number of likely N-dealkylation sites (tertiary alicyclic amines) is 2. The van der Waals surface area contributed by atoms with E-state index in [0.717, 1.165) is 19.3 Å². The molecule has 3 fully saturated rings. The minimum absolute atomic E-state index is 0.0430. The fraction of sp³-hybridized carbons (Fsp3) is 0.667. The van der Waals surface area contributed by atoms with Crippen LogP contribution in [-0.2, 0) is 9.53 Å². The number of amides is 3. The number of hydrogen-bond acceptors (Lipinski definition) is 3. The molecule has 0 aromatic carbocycles. The maximum absolute atomic E-state index is 12.6. The Morgan fingerprint density at radius 2 is 2.17 bits per heavy atom. The highest BCUT2D eigenvalue weighted by Crippen LogP contribution is 2.23. The van der Waals surface area contributed by atoms with E-state index in [2.05, 4.69) is 23.2 Å². The molecule has 3 amide bonds. The number of carbonyl (C=O) groups is 2. The first-order chi connectivity index (χ1) is 11.7. The number of nitrogens with zero attached hydrogens (tertiary/aromatic N) is 2. The van der Waals surface area contributed by atoms with Crippen LogP contribution in [0, 0.1) is 17.8 Å². The van der Waals surface area contributed by atoms with Gasteiger partial charge >= 0.3 is 6.03 Å². The third kappa shape index (κ3) is 3.13. The summed E-state index contributed by atoms with van der Waals surface area (Å²) in [6.07, 6.45) is 6.52. The number of rotatable bonds is 0. The lowest BCUT2D eigenvalue weighted by atomic mass is 9.99. The van der Waals surface area contributed by atoms with E-state index in [9.17, 15) is 9.59 Å². The predicted molar refractivity (Wildman–Crippen MR) is 88.0 cm³/mol. The van der Waals surface area contributed by atoms with Crippen molar-refractivity contribution in [2.75, 3.05) is 32.8 Å². The van der Waals surface area contributed by atoms with Crippen LogP contribution < -0.4 is 5.32 Å². The summed E-state index contributed by atoms with van der Waals surface area (Å²) in [6.45, 7) is 2.79. The van der Waals surface area contributed by atoms with E-state index in [1.807, 2.05) is 9.80 Å². The summed E-state index contributed by atoms with van der Waals surface area (Å²) in [7, 11) is 0. The number of urea groups is 1. The van der Waals surface area contributed by atoms with Gasteiger partial charge in [0.05, 0.1) is 18.1 Å². The summed E-state index contributed by atoms with van der Waals surface area (Å²) in [4.78, 5) is 27.7. The van der Waals surface area contributed by atoms with Gasteiger partial charge < -0.3 is 19.9 Å². The van der Waals surface area contributed by atoms with E-state index in [1.54, 1.807) is 0 Å². The molecule has 24 heavy (non-hydrogen) atoms. The quantitative estimate of drug-likeness (QED) is 0.667. The van der Waals surface area contributed by atoms with Crippen LogP contribution in [0.15, 0.2) is 11.6 Å². The van der Waals surface area contributed by atoms with Gasteiger partial charge in [-0.15, -0.1) is 0 Å². The molecule has 3 saturated heterocycles. The summed E-state index contributed by atoms with van der Waals surface area (Å²) in [5.41, 5.74) is 1.26. The van der Waals surface area contributed by atoms with Crippen molar-refractivity contribution in [2.24, 2.45) is 5.92 Å². The summed E-state index contributed by atoms with van der Waals surface area (Å²) in [5.74, 6) is 6.76. The van der Waals surface area contributed by atoms with Crippen LogP contribution in [0.4, 0.5) is 4.79 Å². The first-order valence-electron chi connectivity index (χ1n) is 8.84. The highest BCUT2D eigenvalue weighted by atomic mass is 16.5. The third-order valence-electron chi connectivity index (χ3n) is 5.22. The third-order valence-corrected chi connectivity index (χ3v) is 5.22. The van der Waals surface area contributed by atoms with Gasteiger partial charge in [0, 0.05) is 26.2 Å². The number of fused-ring (bicyclic) bond motifs is 1.